The Hall–Kier alpha value is -2.15. The highest BCUT2D eigenvalue weighted by molar-refractivity contribution is 9.10. The summed E-state index contributed by atoms with van der Waals surface area (Å²) in [7, 11) is 0. The van der Waals surface area contributed by atoms with Crippen molar-refractivity contribution in [3.63, 3.8) is 0 Å². The minimum atomic E-state index is -0.421. The number of nitrogen functional groups attached to an aromatic ring is 1. The van der Waals surface area contributed by atoms with Gasteiger partial charge in [-0.1, -0.05) is 12.1 Å². The number of nitro benzene ring substituents is 1. The Morgan fingerprint density at radius 2 is 2.21 bits per heavy atom. The topological polar surface area (TPSA) is 94.1 Å². The fourth-order valence-corrected chi connectivity index (χ4v) is 1.92. The Morgan fingerprint density at radius 3 is 2.89 bits per heavy atom. The number of non-ortho nitro benzene ring substituents is 1. The normalized spacial score (nSPS) is 10.2. The molecule has 0 aliphatic carbocycles. The Kier molecular flexibility index (Phi) is 3.96. The SMILES string of the molecule is Nc1cc(Br)cnc1NCc1cccc([N+](=O)[O-])c1. The second kappa shape index (κ2) is 5.66. The van der Waals surface area contributed by atoms with Crippen LogP contribution in [0.25, 0.3) is 0 Å². The third-order valence-electron chi connectivity index (χ3n) is 2.47. The van der Waals surface area contributed by atoms with Crippen LogP contribution < -0.4 is 11.1 Å². The second-order valence-corrected chi connectivity index (χ2v) is 4.79. The van der Waals surface area contributed by atoms with Crippen molar-refractivity contribution in [3.8, 4) is 0 Å². The number of nitro groups is 1. The third-order valence-corrected chi connectivity index (χ3v) is 2.90. The lowest BCUT2D eigenvalue weighted by Gasteiger charge is -2.08. The van der Waals surface area contributed by atoms with Gasteiger partial charge in [0.2, 0.25) is 0 Å². The molecule has 98 valence electrons. The summed E-state index contributed by atoms with van der Waals surface area (Å²) >= 11 is 3.27. The van der Waals surface area contributed by atoms with E-state index in [1.807, 2.05) is 0 Å². The molecule has 0 radical (unpaired) electrons. The van der Waals surface area contributed by atoms with Crippen LogP contribution in [0, 0.1) is 10.1 Å². The number of benzene rings is 1. The molecule has 6 nitrogen and oxygen atoms in total. The summed E-state index contributed by atoms with van der Waals surface area (Å²) in [6, 6.07) is 8.16. The zero-order valence-corrected chi connectivity index (χ0v) is 11.4. The van der Waals surface area contributed by atoms with E-state index in [0.29, 0.717) is 18.1 Å². The first kappa shape index (κ1) is 13.3. The van der Waals surface area contributed by atoms with Crippen LogP contribution >= 0.6 is 15.9 Å². The predicted molar refractivity (Wildman–Crippen MR) is 76.8 cm³/mol. The van der Waals surface area contributed by atoms with Crippen LogP contribution in [0.2, 0.25) is 0 Å². The number of rotatable bonds is 4. The number of halogens is 1. The standard InChI is InChI=1S/C12H11BrN4O2/c13-9-5-11(14)12(16-7-9)15-6-8-2-1-3-10(4-8)17(18)19/h1-5,7H,6,14H2,(H,15,16). The van der Waals surface area contributed by atoms with E-state index in [9.17, 15) is 10.1 Å². The van der Waals surface area contributed by atoms with Gasteiger partial charge in [0.05, 0.1) is 10.6 Å². The molecule has 0 amide bonds. The number of hydrogen-bond acceptors (Lipinski definition) is 5. The second-order valence-electron chi connectivity index (χ2n) is 3.87. The van der Waals surface area contributed by atoms with Crippen molar-refractivity contribution in [2.24, 2.45) is 0 Å². The number of hydrogen-bond donors (Lipinski definition) is 2. The average molecular weight is 323 g/mol. The molecule has 0 bridgehead atoms. The molecule has 0 spiro atoms. The maximum absolute atomic E-state index is 10.7. The highest BCUT2D eigenvalue weighted by Crippen LogP contribution is 2.21. The molecule has 1 aromatic carbocycles. The van der Waals surface area contributed by atoms with E-state index < -0.39 is 4.92 Å². The van der Waals surface area contributed by atoms with Gasteiger partial charge < -0.3 is 11.1 Å². The summed E-state index contributed by atoms with van der Waals surface area (Å²) in [5.74, 6) is 0.551. The van der Waals surface area contributed by atoms with Crippen molar-refractivity contribution in [1.29, 1.82) is 0 Å². The van der Waals surface area contributed by atoms with E-state index in [0.717, 1.165) is 10.0 Å². The summed E-state index contributed by atoms with van der Waals surface area (Å²) < 4.78 is 0.797. The molecule has 3 N–H and O–H groups in total. The Morgan fingerprint density at radius 1 is 1.42 bits per heavy atom. The molecule has 1 heterocycles. The van der Waals surface area contributed by atoms with Gasteiger partial charge in [-0.2, -0.15) is 0 Å². The van der Waals surface area contributed by atoms with E-state index in [2.05, 4.69) is 26.2 Å². The molecule has 0 saturated carbocycles. The van der Waals surface area contributed by atoms with E-state index in [1.165, 1.54) is 12.1 Å². The Labute approximate surface area is 117 Å². The van der Waals surface area contributed by atoms with Gasteiger partial charge >= 0.3 is 0 Å². The summed E-state index contributed by atoms with van der Waals surface area (Å²) in [6.45, 7) is 0.417. The largest absolute Gasteiger partial charge is 0.396 e. The molecule has 2 rings (SSSR count). The molecule has 19 heavy (non-hydrogen) atoms. The van der Waals surface area contributed by atoms with Crippen molar-refractivity contribution in [1.82, 2.24) is 4.98 Å². The fourth-order valence-electron chi connectivity index (χ4n) is 1.57. The molecule has 2 aromatic rings. The summed E-state index contributed by atoms with van der Waals surface area (Å²) in [6.07, 6.45) is 1.63. The van der Waals surface area contributed by atoms with Gasteiger partial charge in [0.1, 0.15) is 5.82 Å². The lowest BCUT2D eigenvalue weighted by Crippen LogP contribution is -2.04. The minimum absolute atomic E-state index is 0.0658. The number of aromatic nitrogens is 1. The van der Waals surface area contributed by atoms with Gasteiger partial charge in [-0.3, -0.25) is 10.1 Å². The van der Waals surface area contributed by atoms with Crippen LogP contribution in [-0.2, 0) is 6.54 Å². The Bertz CT molecular complexity index is 618. The molecular weight excluding hydrogens is 312 g/mol. The van der Waals surface area contributed by atoms with Crippen LogP contribution in [0.15, 0.2) is 41.0 Å². The number of nitrogens with zero attached hydrogens (tertiary/aromatic N) is 2. The first-order valence-corrected chi connectivity index (χ1v) is 6.24. The summed E-state index contributed by atoms with van der Waals surface area (Å²) in [4.78, 5) is 14.4. The van der Waals surface area contributed by atoms with E-state index in [-0.39, 0.29) is 5.69 Å². The van der Waals surface area contributed by atoms with Gasteiger partial charge in [0, 0.05) is 29.3 Å². The zero-order chi connectivity index (χ0) is 13.8. The highest BCUT2D eigenvalue weighted by atomic mass is 79.9. The minimum Gasteiger partial charge on any atom is -0.396 e. The smallest absolute Gasteiger partial charge is 0.269 e. The van der Waals surface area contributed by atoms with Gasteiger partial charge in [0.25, 0.3) is 5.69 Å². The predicted octanol–water partition coefficient (Wildman–Crippen LogP) is 2.95. The molecular formula is C12H11BrN4O2. The van der Waals surface area contributed by atoms with E-state index in [4.69, 9.17) is 5.73 Å². The Balaban J connectivity index is 2.10. The summed E-state index contributed by atoms with van der Waals surface area (Å²) in [5.41, 5.74) is 7.17. The number of anilines is 2. The van der Waals surface area contributed by atoms with Crippen molar-refractivity contribution in [2.45, 2.75) is 6.54 Å². The van der Waals surface area contributed by atoms with Crippen LogP contribution in [0.1, 0.15) is 5.56 Å². The van der Waals surface area contributed by atoms with E-state index >= 15 is 0 Å². The van der Waals surface area contributed by atoms with Crippen molar-refractivity contribution in [2.75, 3.05) is 11.1 Å². The molecule has 7 heteroatoms. The monoisotopic (exact) mass is 322 g/mol. The summed E-state index contributed by atoms with van der Waals surface area (Å²) in [5, 5.41) is 13.7. The van der Waals surface area contributed by atoms with Crippen molar-refractivity contribution < 1.29 is 4.92 Å². The lowest BCUT2D eigenvalue weighted by molar-refractivity contribution is -0.384. The third kappa shape index (κ3) is 3.41. The van der Waals surface area contributed by atoms with Crippen molar-refractivity contribution in [3.05, 3.63) is 56.7 Å². The maximum atomic E-state index is 10.7. The molecule has 1 aromatic heterocycles. The lowest BCUT2D eigenvalue weighted by atomic mass is 10.2. The maximum Gasteiger partial charge on any atom is 0.269 e. The number of pyridine rings is 1. The van der Waals surface area contributed by atoms with Crippen LogP contribution in [-0.4, -0.2) is 9.91 Å². The molecule has 0 saturated heterocycles. The quantitative estimate of drug-likeness (QED) is 0.666. The molecule has 0 aliphatic rings. The van der Waals surface area contributed by atoms with Crippen molar-refractivity contribution >= 4 is 33.1 Å². The molecule has 0 atom stereocenters. The number of nitrogens with two attached hydrogens (primary N) is 1. The molecule has 0 aliphatic heterocycles. The first-order valence-electron chi connectivity index (χ1n) is 5.44. The van der Waals surface area contributed by atoms with Gasteiger partial charge in [0.15, 0.2) is 0 Å². The van der Waals surface area contributed by atoms with Gasteiger partial charge in [-0.15, -0.1) is 0 Å². The molecule has 0 fully saturated rings. The van der Waals surface area contributed by atoms with E-state index in [1.54, 1.807) is 24.4 Å². The number of nitrogens with one attached hydrogen (secondary N) is 1. The van der Waals surface area contributed by atoms with Crippen LogP contribution in [0.3, 0.4) is 0 Å². The van der Waals surface area contributed by atoms with Crippen LogP contribution in [0.5, 0.6) is 0 Å². The van der Waals surface area contributed by atoms with Gasteiger partial charge in [-0.05, 0) is 27.6 Å². The zero-order valence-electron chi connectivity index (χ0n) is 9.84. The first-order chi connectivity index (χ1) is 9.06. The fraction of sp³-hybridized carbons (Fsp3) is 0.0833. The van der Waals surface area contributed by atoms with Crippen LogP contribution in [0.4, 0.5) is 17.2 Å². The average Bonchev–Trinajstić information content (AvgIpc) is 2.38. The molecule has 0 unspecified atom stereocenters. The highest BCUT2D eigenvalue weighted by Gasteiger charge is 2.06. The van der Waals surface area contributed by atoms with Gasteiger partial charge in [-0.25, -0.2) is 4.98 Å².